The fourth-order valence-electron chi connectivity index (χ4n) is 1.75. The summed E-state index contributed by atoms with van der Waals surface area (Å²) >= 11 is 0. The molecule has 0 aliphatic rings. The summed E-state index contributed by atoms with van der Waals surface area (Å²) < 4.78 is 5.54. The fourth-order valence-corrected chi connectivity index (χ4v) is 1.75. The molecule has 4 heteroatoms. The Morgan fingerprint density at radius 1 is 1.24 bits per heavy atom. The molecule has 0 saturated carbocycles. The molecule has 4 nitrogen and oxygen atoms in total. The third kappa shape index (κ3) is 1.63. The number of aryl methyl sites for hydroxylation is 1. The van der Waals surface area contributed by atoms with Gasteiger partial charge in [0.2, 0.25) is 5.58 Å². The van der Waals surface area contributed by atoms with Gasteiger partial charge in [-0.05, 0) is 13.0 Å². The lowest BCUT2D eigenvalue weighted by Crippen LogP contribution is -2.05. The average Bonchev–Trinajstić information content (AvgIpc) is 2.75. The first kappa shape index (κ1) is 9.84. The molecule has 0 bridgehead atoms. The standard InChI is InChI=1S/C13H10N2O2/c1-8-2-4-9(5-3-8)11-6-10-7-14-15-13(16)12(10)17-11/h2-7H,1H3,(H,15,16). The molecule has 0 amide bonds. The number of aromatic amines is 1. The molecule has 0 spiro atoms. The van der Waals surface area contributed by atoms with Gasteiger partial charge in [-0.1, -0.05) is 29.8 Å². The van der Waals surface area contributed by atoms with Gasteiger partial charge in [0.05, 0.1) is 6.20 Å². The molecule has 1 N–H and O–H groups in total. The molecule has 0 fully saturated rings. The molecule has 3 rings (SSSR count). The molecule has 0 aliphatic carbocycles. The van der Waals surface area contributed by atoms with E-state index in [0.29, 0.717) is 16.7 Å². The van der Waals surface area contributed by atoms with E-state index in [0.717, 1.165) is 5.56 Å². The molecule has 0 atom stereocenters. The number of hydrogen-bond donors (Lipinski definition) is 1. The lowest BCUT2D eigenvalue weighted by atomic mass is 10.1. The molecule has 0 radical (unpaired) electrons. The third-order valence-electron chi connectivity index (χ3n) is 2.67. The van der Waals surface area contributed by atoms with Gasteiger partial charge in [-0.25, -0.2) is 5.10 Å². The summed E-state index contributed by atoms with van der Waals surface area (Å²) in [5, 5.41) is 6.80. The third-order valence-corrected chi connectivity index (χ3v) is 2.67. The Labute approximate surface area is 96.9 Å². The molecular weight excluding hydrogens is 216 g/mol. The SMILES string of the molecule is Cc1ccc(-c2cc3cn[nH]c(=O)c3o2)cc1. The zero-order valence-corrected chi connectivity index (χ0v) is 9.23. The van der Waals surface area contributed by atoms with Gasteiger partial charge in [0.25, 0.3) is 0 Å². The summed E-state index contributed by atoms with van der Waals surface area (Å²) in [6, 6.07) is 9.77. The van der Waals surface area contributed by atoms with Crippen LogP contribution in [-0.2, 0) is 0 Å². The van der Waals surface area contributed by atoms with Crippen molar-refractivity contribution in [2.45, 2.75) is 6.92 Å². The molecule has 2 aromatic heterocycles. The van der Waals surface area contributed by atoms with Gasteiger partial charge in [-0.3, -0.25) is 4.79 Å². The van der Waals surface area contributed by atoms with Crippen molar-refractivity contribution in [3.8, 4) is 11.3 Å². The van der Waals surface area contributed by atoms with Gasteiger partial charge in [0.1, 0.15) is 5.76 Å². The highest BCUT2D eigenvalue weighted by Gasteiger charge is 2.08. The number of aromatic nitrogens is 2. The van der Waals surface area contributed by atoms with E-state index in [1.54, 1.807) is 6.20 Å². The van der Waals surface area contributed by atoms with Gasteiger partial charge in [0.15, 0.2) is 0 Å². The van der Waals surface area contributed by atoms with Crippen LogP contribution in [0.15, 0.2) is 45.7 Å². The molecule has 0 saturated heterocycles. The lowest BCUT2D eigenvalue weighted by Gasteiger charge is -1.96. The minimum atomic E-state index is -0.305. The Balaban J connectivity index is 2.21. The molecule has 1 aromatic carbocycles. The number of H-pyrrole nitrogens is 1. The average molecular weight is 226 g/mol. The van der Waals surface area contributed by atoms with Crippen molar-refractivity contribution in [2.24, 2.45) is 0 Å². The second kappa shape index (κ2) is 3.59. The zero-order chi connectivity index (χ0) is 11.8. The predicted octanol–water partition coefficient (Wildman–Crippen LogP) is 2.49. The van der Waals surface area contributed by atoms with Crippen LogP contribution in [0, 0.1) is 6.92 Å². The van der Waals surface area contributed by atoms with E-state index in [1.807, 2.05) is 37.3 Å². The largest absolute Gasteiger partial charge is 0.450 e. The summed E-state index contributed by atoms with van der Waals surface area (Å²) in [6.45, 7) is 2.02. The first-order chi connectivity index (χ1) is 8.24. The highest BCUT2D eigenvalue weighted by atomic mass is 16.3. The summed E-state index contributed by atoms with van der Waals surface area (Å²) in [5.74, 6) is 0.679. The number of hydrogen-bond acceptors (Lipinski definition) is 3. The number of nitrogens with one attached hydrogen (secondary N) is 1. The van der Waals surface area contributed by atoms with Crippen molar-refractivity contribution in [2.75, 3.05) is 0 Å². The van der Waals surface area contributed by atoms with E-state index in [2.05, 4.69) is 10.2 Å². The lowest BCUT2D eigenvalue weighted by molar-refractivity contribution is 0.624. The number of furan rings is 1. The highest BCUT2D eigenvalue weighted by Crippen LogP contribution is 2.25. The van der Waals surface area contributed by atoms with Gasteiger partial charge in [-0.2, -0.15) is 5.10 Å². The Kier molecular flexibility index (Phi) is 2.08. The van der Waals surface area contributed by atoms with Crippen molar-refractivity contribution in [1.29, 1.82) is 0 Å². The van der Waals surface area contributed by atoms with Crippen molar-refractivity contribution < 1.29 is 4.42 Å². The molecule has 3 aromatic rings. The molecule has 0 aliphatic heterocycles. The van der Waals surface area contributed by atoms with E-state index in [1.165, 1.54) is 5.56 Å². The molecular formula is C13H10N2O2. The van der Waals surface area contributed by atoms with Crippen molar-refractivity contribution in [3.63, 3.8) is 0 Å². The maximum absolute atomic E-state index is 11.5. The number of nitrogens with zero attached hydrogens (tertiary/aromatic N) is 1. The Morgan fingerprint density at radius 2 is 2.00 bits per heavy atom. The van der Waals surface area contributed by atoms with Crippen LogP contribution >= 0.6 is 0 Å². The van der Waals surface area contributed by atoms with E-state index < -0.39 is 0 Å². The van der Waals surface area contributed by atoms with Crippen LogP contribution in [0.4, 0.5) is 0 Å². The maximum atomic E-state index is 11.5. The number of fused-ring (bicyclic) bond motifs is 1. The number of benzene rings is 1. The van der Waals surface area contributed by atoms with E-state index in [4.69, 9.17) is 4.42 Å². The van der Waals surface area contributed by atoms with Crippen LogP contribution in [-0.4, -0.2) is 10.2 Å². The zero-order valence-electron chi connectivity index (χ0n) is 9.23. The van der Waals surface area contributed by atoms with Crippen LogP contribution in [0.25, 0.3) is 22.3 Å². The Hall–Kier alpha value is -2.36. The molecule has 17 heavy (non-hydrogen) atoms. The van der Waals surface area contributed by atoms with Crippen LogP contribution in [0.5, 0.6) is 0 Å². The van der Waals surface area contributed by atoms with Gasteiger partial charge in [-0.15, -0.1) is 0 Å². The maximum Gasteiger partial charge on any atom is 0.307 e. The van der Waals surface area contributed by atoms with Gasteiger partial charge < -0.3 is 4.42 Å². The second-order valence-corrected chi connectivity index (χ2v) is 3.96. The fraction of sp³-hybridized carbons (Fsp3) is 0.0769. The molecule has 2 heterocycles. The van der Waals surface area contributed by atoms with Crippen molar-refractivity contribution in [1.82, 2.24) is 10.2 Å². The normalized spacial score (nSPS) is 10.9. The van der Waals surface area contributed by atoms with Gasteiger partial charge in [0, 0.05) is 10.9 Å². The van der Waals surface area contributed by atoms with E-state index in [9.17, 15) is 4.79 Å². The van der Waals surface area contributed by atoms with Crippen molar-refractivity contribution >= 4 is 11.0 Å². The van der Waals surface area contributed by atoms with Crippen LogP contribution in [0.1, 0.15) is 5.56 Å². The minimum Gasteiger partial charge on any atom is -0.450 e. The number of rotatable bonds is 1. The summed E-state index contributed by atoms with van der Waals surface area (Å²) in [7, 11) is 0. The quantitative estimate of drug-likeness (QED) is 0.693. The van der Waals surface area contributed by atoms with Crippen LogP contribution < -0.4 is 5.56 Å². The molecule has 0 unspecified atom stereocenters. The summed E-state index contributed by atoms with van der Waals surface area (Å²) in [4.78, 5) is 11.5. The smallest absolute Gasteiger partial charge is 0.307 e. The second-order valence-electron chi connectivity index (χ2n) is 3.96. The van der Waals surface area contributed by atoms with Crippen LogP contribution in [0.2, 0.25) is 0 Å². The predicted molar refractivity (Wildman–Crippen MR) is 64.8 cm³/mol. The first-order valence-corrected chi connectivity index (χ1v) is 5.28. The van der Waals surface area contributed by atoms with Gasteiger partial charge >= 0.3 is 5.56 Å². The Morgan fingerprint density at radius 3 is 2.71 bits per heavy atom. The van der Waals surface area contributed by atoms with E-state index in [-0.39, 0.29) is 5.56 Å². The Bertz CT molecular complexity index is 723. The molecule has 84 valence electrons. The minimum absolute atomic E-state index is 0.305. The van der Waals surface area contributed by atoms with E-state index >= 15 is 0 Å². The highest BCUT2D eigenvalue weighted by molar-refractivity contribution is 5.81. The summed E-state index contributed by atoms with van der Waals surface area (Å²) in [5.41, 5.74) is 2.15. The van der Waals surface area contributed by atoms with Crippen molar-refractivity contribution in [3.05, 3.63) is 52.4 Å². The van der Waals surface area contributed by atoms with Crippen LogP contribution in [0.3, 0.4) is 0 Å². The monoisotopic (exact) mass is 226 g/mol. The summed E-state index contributed by atoms with van der Waals surface area (Å²) in [6.07, 6.45) is 1.58. The topological polar surface area (TPSA) is 58.9 Å². The first-order valence-electron chi connectivity index (χ1n) is 5.28.